The SMILES string of the molecule is CCc1nncn1CCN=C(NC1CCCC1)N(C)CC(=O)NC(C)(C)C. The van der Waals surface area contributed by atoms with Gasteiger partial charge in [-0.25, -0.2) is 0 Å². The molecule has 27 heavy (non-hydrogen) atoms. The zero-order valence-corrected chi connectivity index (χ0v) is 17.5. The van der Waals surface area contributed by atoms with Crippen molar-refractivity contribution in [2.75, 3.05) is 20.1 Å². The lowest BCUT2D eigenvalue weighted by Crippen LogP contribution is -2.50. The zero-order chi connectivity index (χ0) is 19.9. The molecule has 8 nitrogen and oxygen atoms in total. The summed E-state index contributed by atoms with van der Waals surface area (Å²) in [5.74, 6) is 1.75. The first-order valence-electron chi connectivity index (χ1n) is 9.98. The summed E-state index contributed by atoms with van der Waals surface area (Å²) in [5.41, 5.74) is -0.237. The van der Waals surface area contributed by atoms with Crippen molar-refractivity contribution in [3.8, 4) is 0 Å². The van der Waals surface area contributed by atoms with Crippen molar-refractivity contribution in [1.29, 1.82) is 0 Å². The summed E-state index contributed by atoms with van der Waals surface area (Å²) in [6, 6.07) is 0.443. The lowest BCUT2D eigenvalue weighted by atomic mass is 10.1. The fraction of sp³-hybridized carbons (Fsp3) is 0.789. The number of nitrogens with one attached hydrogen (secondary N) is 2. The van der Waals surface area contributed by atoms with Gasteiger partial charge in [-0.1, -0.05) is 19.8 Å². The molecule has 152 valence electrons. The Morgan fingerprint density at radius 1 is 1.37 bits per heavy atom. The number of aliphatic imine (C=N–C) groups is 1. The Hall–Kier alpha value is -2.12. The van der Waals surface area contributed by atoms with Gasteiger partial charge in [-0.05, 0) is 33.6 Å². The van der Waals surface area contributed by atoms with Crippen molar-refractivity contribution in [3.63, 3.8) is 0 Å². The Bertz CT molecular complexity index is 626. The fourth-order valence-corrected chi connectivity index (χ4v) is 3.28. The van der Waals surface area contributed by atoms with Crippen LogP contribution in [0, 0.1) is 0 Å². The summed E-state index contributed by atoms with van der Waals surface area (Å²) in [6.07, 6.45) is 7.42. The highest BCUT2D eigenvalue weighted by Gasteiger charge is 2.20. The van der Waals surface area contributed by atoms with Crippen molar-refractivity contribution in [2.45, 2.75) is 77.9 Å². The normalized spacial score (nSPS) is 15.8. The number of hydrogen-bond donors (Lipinski definition) is 2. The van der Waals surface area contributed by atoms with Gasteiger partial charge in [0, 0.05) is 31.6 Å². The van der Waals surface area contributed by atoms with E-state index in [0.717, 1.165) is 37.6 Å². The van der Waals surface area contributed by atoms with Crippen molar-refractivity contribution in [3.05, 3.63) is 12.2 Å². The predicted molar refractivity (Wildman–Crippen MR) is 108 cm³/mol. The van der Waals surface area contributed by atoms with Gasteiger partial charge in [0.2, 0.25) is 5.91 Å². The molecule has 0 bridgehead atoms. The first-order chi connectivity index (χ1) is 12.8. The van der Waals surface area contributed by atoms with Crippen molar-refractivity contribution in [1.82, 2.24) is 30.3 Å². The highest BCUT2D eigenvalue weighted by atomic mass is 16.2. The van der Waals surface area contributed by atoms with Gasteiger partial charge in [-0.2, -0.15) is 0 Å². The van der Waals surface area contributed by atoms with Crippen LogP contribution in [0.2, 0.25) is 0 Å². The smallest absolute Gasteiger partial charge is 0.240 e. The van der Waals surface area contributed by atoms with E-state index in [9.17, 15) is 4.79 Å². The molecular weight excluding hydrogens is 342 g/mol. The van der Waals surface area contributed by atoms with Crippen molar-refractivity contribution < 1.29 is 4.79 Å². The number of likely N-dealkylation sites (N-methyl/N-ethyl adjacent to an activating group) is 1. The van der Waals surface area contributed by atoms with Crippen LogP contribution in [-0.2, 0) is 17.8 Å². The van der Waals surface area contributed by atoms with E-state index in [-0.39, 0.29) is 18.0 Å². The summed E-state index contributed by atoms with van der Waals surface area (Å²) in [4.78, 5) is 19.0. The van der Waals surface area contributed by atoms with Crippen LogP contribution in [0.5, 0.6) is 0 Å². The summed E-state index contributed by atoms with van der Waals surface area (Å²) in [5, 5.41) is 14.6. The van der Waals surface area contributed by atoms with Crippen LogP contribution in [0.4, 0.5) is 0 Å². The quantitative estimate of drug-likeness (QED) is 0.556. The lowest BCUT2D eigenvalue weighted by molar-refractivity contribution is -0.122. The third-order valence-corrected chi connectivity index (χ3v) is 4.56. The number of nitrogens with zero attached hydrogens (tertiary/aromatic N) is 5. The molecular formula is C19H35N7O. The molecule has 1 aliphatic rings. The first kappa shape index (κ1) is 21.2. The number of amides is 1. The molecule has 0 unspecified atom stereocenters. The first-order valence-corrected chi connectivity index (χ1v) is 9.98. The Labute approximate surface area is 162 Å². The highest BCUT2D eigenvalue weighted by Crippen LogP contribution is 2.17. The molecule has 2 rings (SSSR count). The number of aryl methyl sites for hydroxylation is 1. The molecule has 1 amide bonds. The van der Waals surface area contributed by atoms with E-state index in [4.69, 9.17) is 4.99 Å². The zero-order valence-electron chi connectivity index (χ0n) is 17.5. The highest BCUT2D eigenvalue weighted by molar-refractivity contribution is 5.86. The Morgan fingerprint density at radius 3 is 2.70 bits per heavy atom. The maximum Gasteiger partial charge on any atom is 0.240 e. The van der Waals surface area contributed by atoms with Gasteiger partial charge in [-0.15, -0.1) is 10.2 Å². The predicted octanol–water partition coefficient (Wildman–Crippen LogP) is 1.58. The molecule has 1 aliphatic carbocycles. The summed E-state index contributed by atoms with van der Waals surface area (Å²) in [6.45, 7) is 9.66. The van der Waals surface area contributed by atoms with E-state index in [1.54, 1.807) is 6.33 Å². The Balaban J connectivity index is 1.99. The molecule has 1 aromatic heterocycles. The fourth-order valence-electron chi connectivity index (χ4n) is 3.28. The number of hydrogen-bond acceptors (Lipinski definition) is 4. The molecule has 2 N–H and O–H groups in total. The topological polar surface area (TPSA) is 87.4 Å². The van der Waals surface area contributed by atoms with Crippen LogP contribution < -0.4 is 10.6 Å². The van der Waals surface area contributed by atoms with Crippen LogP contribution in [0.25, 0.3) is 0 Å². The average molecular weight is 378 g/mol. The van der Waals surface area contributed by atoms with Gasteiger partial charge in [-0.3, -0.25) is 9.79 Å². The minimum Gasteiger partial charge on any atom is -0.354 e. The Morgan fingerprint density at radius 2 is 2.07 bits per heavy atom. The van der Waals surface area contributed by atoms with E-state index < -0.39 is 0 Å². The number of aromatic nitrogens is 3. The molecule has 8 heteroatoms. The van der Waals surface area contributed by atoms with Gasteiger partial charge in [0.1, 0.15) is 12.2 Å². The minimum atomic E-state index is -0.237. The number of rotatable bonds is 7. The van der Waals surface area contributed by atoms with E-state index in [1.165, 1.54) is 12.8 Å². The molecule has 0 radical (unpaired) electrons. The largest absolute Gasteiger partial charge is 0.354 e. The van der Waals surface area contributed by atoms with Crippen LogP contribution in [0.15, 0.2) is 11.3 Å². The lowest BCUT2D eigenvalue weighted by Gasteiger charge is -2.27. The van der Waals surface area contributed by atoms with E-state index in [0.29, 0.717) is 12.6 Å². The third kappa shape index (κ3) is 7.19. The summed E-state index contributed by atoms with van der Waals surface area (Å²) in [7, 11) is 1.92. The number of guanidine groups is 1. The molecule has 0 aromatic carbocycles. The van der Waals surface area contributed by atoms with Crippen LogP contribution >= 0.6 is 0 Å². The van der Waals surface area contributed by atoms with Gasteiger partial charge in [0.05, 0.1) is 13.1 Å². The molecule has 0 spiro atoms. The molecule has 0 saturated heterocycles. The van der Waals surface area contributed by atoms with Gasteiger partial charge < -0.3 is 20.1 Å². The van der Waals surface area contributed by atoms with Crippen LogP contribution in [-0.4, -0.2) is 63.2 Å². The monoisotopic (exact) mass is 377 g/mol. The van der Waals surface area contributed by atoms with Gasteiger partial charge in [0.15, 0.2) is 5.96 Å². The second-order valence-electron chi connectivity index (χ2n) is 8.28. The van der Waals surface area contributed by atoms with Gasteiger partial charge in [0.25, 0.3) is 0 Å². The molecule has 0 aliphatic heterocycles. The molecule has 0 atom stereocenters. The average Bonchev–Trinajstić information content (AvgIpc) is 3.23. The van der Waals surface area contributed by atoms with Crippen molar-refractivity contribution in [2.24, 2.45) is 4.99 Å². The van der Waals surface area contributed by atoms with E-state index >= 15 is 0 Å². The second kappa shape index (κ2) is 9.71. The minimum absolute atomic E-state index is 0.00185. The summed E-state index contributed by atoms with van der Waals surface area (Å²) >= 11 is 0. The van der Waals surface area contributed by atoms with Gasteiger partial charge >= 0.3 is 0 Å². The molecule has 1 aromatic rings. The Kier molecular flexibility index (Phi) is 7.62. The van der Waals surface area contributed by atoms with Crippen LogP contribution in [0.1, 0.15) is 59.2 Å². The van der Waals surface area contributed by atoms with E-state index in [1.807, 2.05) is 37.3 Å². The van der Waals surface area contributed by atoms with E-state index in [2.05, 4.69) is 27.8 Å². The molecule has 1 saturated carbocycles. The number of carbonyl (C=O) groups is 1. The second-order valence-corrected chi connectivity index (χ2v) is 8.28. The summed E-state index contributed by atoms with van der Waals surface area (Å²) < 4.78 is 2.03. The maximum absolute atomic E-state index is 12.3. The molecule has 1 heterocycles. The third-order valence-electron chi connectivity index (χ3n) is 4.56. The van der Waals surface area contributed by atoms with Crippen molar-refractivity contribution >= 4 is 11.9 Å². The number of carbonyl (C=O) groups excluding carboxylic acids is 1. The molecule has 1 fully saturated rings. The van der Waals surface area contributed by atoms with Crippen LogP contribution in [0.3, 0.4) is 0 Å². The maximum atomic E-state index is 12.3. The standard InChI is InChI=1S/C19H35N7O/c1-6-16-24-21-14-26(16)12-11-20-18(22-15-9-7-8-10-15)25(5)13-17(27)23-19(2,3)4/h14-15H,6-13H2,1-5H3,(H,20,22)(H,23,27).